The third kappa shape index (κ3) is 4.43. The van der Waals surface area contributed by atoms with Gasteiger partial charge in [-0.3, -0.25) is 0 Å². The van der Waals surface area contributed by atoms with E-state index >= 15 is 0 Å². The number of furan rings is 1. The van der Waals surface area contributed by atoms with Crippen LogP contribution in [0.15, 0.2) is 71.3 Å². The molecule has 10 heteroatoms. The molecule has 0 bridgehead atoms. The van der Waals surface area contributed by atoms with Gasteiger partial charge in [-0.15, -0.1) is 0 Å². The molecule has 4 aromatic rings. The lowest BCUT2D eigenvalue weighted by Crippen LogP contribution is -2.11. The predicted molar refractivity (Wildman–Crippen MR) is 107 cm³/mol. The second kappa shape index (κ2) is 8.14. The smallest absolute Gasteiger partial charge is 0.433 e. The zero-order chi connectivity index (χ0) is 22.9. The molecule has 0 radical (unpaired) electrons. The van der Waals surface area contributed by atoms with Crippen molar-refractivity contribution in [2.45, 2.75) is 6.18 Å². The third-order valence-corrected chi connectivity index (χ3v) is 4.44. The fourth-order valence-electron chi connectivity index (χ4n) is 2.97. The lowest BCUT2D eigenvalue weighted by molar-refractivity contribution is -0.141. The van der Waals surface area contributed by atoms with Crippen molar-refractivity contribution in [3.8, 4) is 22.6 Å². The molecular formula is C22H13F4N3O3. The molecule has 0 aliphatic rings. The van der Waals surface area contributed by atoms with Crippen molar-refractivity contribution in [3.63, 3.8) is 0 Å². The van der Waals surface area contributed by atoms with Crippen molar-refractivity contribution in [3.05, 3.63) is 84.0 Å². The summed E-state index contributed by atoms with van der Waals surface area (Å²) >= 11 is 0. The minimum absolute atomic E-state index is 0.0550. The highest BCUT2D eigenvalue weighted by atomic mass is 19.4. The first-order chi connectivity index (χ1) is 15.2. The van der Waals surface area contributed by atoms with Gasteiger partial charge in [-0.1, -0.05) is 18.2 Å². The molecule has 0 unspecified atom stereocenters. The summed E-state index contributed by atoms with van der Waals surface area (Å²) in [5, 5.41) is 11.8. The van der Waals surface area contributed by atoms with E-state index in [1.165, 1.54) is 30.5 Å². The Kier molecular flexibility index (Phi) is 5.35. The first-order valence-electron chi connectivity index (χ1n) is 9.11. The highest BCUT2D eigenvalue weighted by Crippen LogP contribution is 2.32. The zero-order valence-electron chi connectivity index (χ0n) is 16.0. The van der Waals surface area contributed by atoms with Crippen molar-refractivity contribution < 1.29 is 31.9 Å². The van der Waals surface area contributed by atoms with Crippen LogP contribution >= 0.6 is 0 Å². The number of carbonyl (C=O) groups is 1. The van der Waals surface area contributed by atoms with Crippen molar-refractivity contribution in [2.75, 3.05) is 5.32 Å². The highest BCUT2D eigenvalue weighted by Gasteiger charge is 2.34. The number of rotatable bonds is 5. The Morgan fingerprint density at radius 3 is 2.44 bits per heavy atom. The van der Waals surface area contributed by atoms with Gasteiger partial charge in [-0.05, 0) is 53.6 Å². The molecule has 162 valence electrons. The summed E-state index contributed by atoms with van der Waals surface area (Å²) in [5.41, 5.74) is -0.439. The molecule has 2 N–H and O–H groups in total. The van der Waals surface area contributed by atoms with E-state index in [9.17, 15) is 22.4 Å². The summed E-state index contributed by atoms with van der Waals surface area (Å²) in [6.45, 7) is 0. The van der Waals surface area contributed by atoms with Gasteiger partial charge in [-0.25, -0.2) is 19.2 Å². The van der Waals surface area contributed by atoms with Crippen LogP contribution in [-0.2, 0) is 6.18 Å². The second-order valence-electron chi connectivity index (χ2n) is 6.64. The molecule has 0 aliphatic carbocycles. The Labute approximate surface area is 178 Å². The molecule has 0 fully saturated rings. The summed E-state index contributed by atoms with van der Waals surface area (Å²) in [6, 6.07) is 13.8. The number of hydrogen-bond donors (Lipinski definition) is 2. The van der Waals surface area contributed by atoms with Gasteiger partial charge >= 0.3 is 12.1 Å². The first-order valence-corrected chi connectivity index (χ1v) is 9.11. The monoisotopic (exact) mass is 443 g/mol. The largest absolute Gasteiger partial charge is 0.478 e. The molecule has 2 aromatic heterocycles. The number of aromatic nitrogens is 2. The third-order valence-electron chi connectivity index (χ3n) is 4.44. The van der Waals surface area contributed by atoms with Crippen LogP contribution in [0.25, 0.3) is 22.6 Å². The number of carboxylic acid groups (broad SMARTS) is 1. The molecule has 0 aliphatic heterocycles. The number of alkyl halides is 3. The van der Waals surface area contributed by atoms with Crippen molar-refractivity contribution in [2.24, 2.45) is 0 Å². The van der Waals surface area contributed by atoms with E-state index in [0.29, 0.717) is 16.8 Å². The minimum atomic E-state index is -4.70. The van der Waals surface area contributed by atoms with E-state index in [2.05, 4.69) is 15.3 Å². The van der Waals surface area contributed by atoms with Gasteiger partial charge in [0.2, 0.25) is 5.95 Å². The summed E-state index contributed by atoms with van der Waals surface area (Å²) < 4.78 is 58.8. The predicted octanol–water partition coefficient (Wildman–Crippen LogP) is 6.00. The number of halogens is 4. The molecule has 4 rings (SSSR count). The Hall–Kier alpha value is -4.21. The standard InChI is InChI=1S/C22H13F4N3O3/c23-16-7-6-13(10-15(16)20(30)31)12-3-1-4-14(9-12)27-21-28-17(18-5-2-8-32-18)11-19(29-21)22(24,25)26/h1-11H,(H,30,31)(H,27,28,29). The van der Waals surface area contributed by atoms with Crippen LogP contribution in [0.1, 0.15) is 16.1 Å². The van der Waals surface area contributed by atoms with E-state index in [0.717, 1.165) is 12.1 Å². The maximum absolute atomic E-state index is 13.7. The quantitative estimate of drug-likeness (QED) is 0.368. The van der Waals surface area contributed by atoms with Crippen molar-refractivity contribution in [1.29, 1.82) is 0 Å². The molecule has 0 amide bonds. The van der Waals surface area contributed by atoms with Crippen molar-refractivity contribution >= 4 is 17.6 Å². The topological polar surface area (TPSA) is 88.2 Å². The average Bonchev–Trinajstić information content (AvgIpc) is 3.28. The Morgan fingerprint density at radius 2 is 1.75 bits per heavy atom. The molecule has 32 heavy (non-hydrogen) atoms. The van der Waals surface area contributed by atoms with Gasteiger partial charge in [0.1, 0.15) is 11.5 Å². The van der Waals surface area contributed by atoms with E-state index < -0.39 is 29.2 Å². The summed E-state index contributed by atoms with van der Waals surface area (Å²) in [4.78, 5) is 18.8. The van der Waals surface area contributed by atoms with Gasteiger partial charge in [0.15, 0.2) is 11.5 Å². The number of nitrogens with one attached hydrogen (secondary N) is 1. The van der Waals surface area contributed by atoms with E-state index in [1.54, 1.807) is 24.3 Å². The number of anilines is 2. The average molecular weight is 443 g/mol. The SMILES string of the molecule is O=C(O)c1cc(-c2cccc(Nc3nc(-c4ccco4)cc(C(F)(F)F)n3)c2)ccc1F. The van der Waals surface area contributed by atoms with Crippen LogP contribution in [0, 0.1) is 5.82 Å². The normalized spacial score (nSPS) is 11.4. The van der Waals surface area contributed by atoms with E-state index in [4.69, 9.17) is 9.52 Å². The fourth-order valence-corrected chi connectivity index (χ4v) is 2.97. The summed E-state index contributed by atoms with van der Waals surface area (Å²) in [6.07, 6.45) is -3.39. The van der Waals surface area contributed by atoms with Crippen LogP contribution in [0.3, 0.4) is 0 Å². The van der Waals surface area contributed by atoms with Gasteiger partial charge < -0.3 is 14.8 Å². The molecule has 0 saturated carbocycles. The molecular weight excluding hydrogens is 430 g/mol. The highest BCUT2D eigenvalue weighted by molar-refractivity contribution is 5.90. The van der Waals surface area contributed by atoms with Gasteiger partial charge in [0.05, 0.1) is 11.8 Å². The van der Waals surface area contributed by atoms with Crippen LogP contribution in [-0.4, -0.2) is 21.0 Å². The van der Waals surface area contributed by atoms with E-state index in [-0.39, 0.29) is 17.4 Å². The Morgan fingerprint density at radius 1 is 0.969 bits per heavy atom. The number of nitrogens with zero attached hydrogens (tertiary/aromatic N) is 2. The summed E-state index contributed by atoms with van der Waals surface area (Å²) in [5.74, 6) is -2.46. The van der Waals surface area contributed by atoms with E-state index in [1.807, 2.05) is 0 Å². The lowest BCUT2D eigenvalue weighted by atomic mass is 10.0. The molecule has 2 heterocycles. The van der Waals surface area contributed by atoms with Crippen molar-refractivity contribution in [1.82, 2.24) is 9.97 Å². The zero-order valence-corrected chi connectivity index (χ0v) is 16.0. The maximum Gasteiger partial charge on any atom is 0.433 e. The molecule has 2 aromatic carbocycles. The van der Waals surface area contributed by atoms with Crippen LogP contribution in [0.4, 0.5) is 29.2 Å². The van der Waals surface area contributed by atoms with Crippen LogP contribution < -0.4 is 5.32 Å². The molecule has 0 saturated heterocycles. The molecule has 0 spiro atoms. The lowest BCUT2D eigenvalue weighted by Gasteiger charge is -2.12. The second-order valence-corrected chi connectivity index (χ2v) is 6.64. The van der Waals surface area contributed by atoms with Crippen LogP contribution in [0.2, 0.25) is 0 Å². The van der Waals surface area contributed by atoms with Gasteiger partial charge in [0, 0.05) is 5.69 Å². The van der Waals surface area contributed by atoms with Gasteiger partial charge in [-0.2, -0.15) is 13.2 Å². The Balaban J connectivity index is 1.70. The number of carboxylic acids is 1. The minimum Gasteiger partial charge on any atom is -0.478 e. The van der Waals surface area contributed by atoms with Gasteiger partial charge in [0.25, 0.3) is 0 Å². The number of hydrogen-bond acceptors (Lipinski definition) is 5. The van der Waals surface area contributed by atoms with Crippen LogP contribution in [0.5, 0.6) is 0 Å². The molecule has 6 nitrogen and oxygen atoms in total. The Bertz CT molecular complexity index is 1290. The maximum atomic E-state index is 13.7. The summed E-state index contributed by atoms with van der Waals surface area (Å²) in [7, 11) is 0. The first kappa shape index (κ1) is 21.0. The number of benzene rings is 2. The molecule has 0 atom stereocenters. The number of aromatic carboxylic acids is 1. The fraction of sp³-hybridized carbons (Fsp3) is 0.0455.